The van der Waals surface area contributed by atoms with Crippen LogP contribution in [0.5, 0.6) is 0 Å². The molecular weight excluding hydrogens is 346 g/mol. The Labute approximate surface area is 158 Å². The van der Waals surface area contributed by atoms with Gasteiger partial charge in [0.15, 0.2) is 6.61 Å². The summed E-state index contributed by atoms with van der Waals surface area (Å²) in [6.07, 6.45) is 0. The summed E-state index contributed by atoms with van der Waals surface area (Å²) in [6.45, 7) is 8.74. The van der Waals surface area contributed by atoms with Crippen molar-refractivity contribution in [3.63, 3.8) is 0 Å². The Bertz CT molecular complexity index is 851. The molecule has 1 aromatic carbocycles. The van der Waals surface area contributed by atoms with Crippen LogP contribution in [-0.4, -0.2) is 35.1 Å². The molecule has 0 fully saturated rings. The summed E-state index contributed by atoms with van der Waals surface area (Å²) in [5, 5.41) is 4.63. The lowest BCUT2D eigenvalue weighted by atomic mass is 10.2. The van der Waals surface area contributed by atoms with Crippen LogP contribution in [0, 0.1) is 20.8 Å². The van der Waals surface area contributed by atoms with E-state index in [0.717, 1.165) is 22.6 Å². The van der Waals surface area contributed by atoms with Gasteiger partial charge in [0.25, 0.3) is 5.91 Å². The number of rotatable bonds is 5. The Morgan fingerprint density at radius 2 is 1.70 bits per heavy atom. The largest absolute Gasteiger partial charge is 0.452 e. The van der Waals surface area contributed by atoms with E-state index in [1.165, 1.54) is 0 Å². The van der Waals surface area contributed by atoms with Crippen molar-refractivity contribution in [3.8, 4) is 5.69 Å². The highest BCUT2D eigenvalue weighted by molar-refractivity contribution is 5.97. The number of esters is 1. The summed E-state index contributed by atoms with van der Waals surface area (Å²) in [6, 6.07) is 8.95. The van der Waals surface area contributed by atoms with Crippen LogP contribution in [0.3, 0.4) is 0 Å². The van der Waals surface area contributed by atoms with E-state index in [1.54, 1.807) is 19.9 Å². The van der Waals surface area contributed by atoms with E-state index in [4.69, 9.17) is 4.74 Å². The van der Waals surface area contributed by atoms with Gasteiger partial charge in [-0.1, -0.05) is 17.7 Å². The summed E-state index contributed by atoms with van der Waals surface area (Å²) in [4.78, 5) is 35.6. The van der Waals surface area contributed by atoms with Crippen LogP contribution in [0.2, 0.25) is 0 Å². The normalized spacial score (nSPS) is 10.6. The SMILES string of the molecule is Cc1ccc(-n2c(C)cc(C(=O)OCC(=O)NC(=O)NC(C)C)c2C)cc1. The molecule has 1 heterocycles. The molecule has 2 aromatic rings. The Kier molecular flexibility index (Phi) is 6.39. The molecule has 0 saturated carbocycles. The average molecular weight is 371 g/mol. The Morgan fingerprint density at radius 3 is 2.30 bits per heavy atom. The third-order valence-electron chi connectivity index (χ3n) is 3.95. The maximum absolute atomic E-state index is 12.4. The molecular formula is C20H25N3O4. The Hall–Kier alpha value is -3.09. The van der Waals surface area contributed by atoms with Crippen molar-refractivity contribution in [2.24, 2.45) is 0 Å². The fourth-order valence-electron chi connectivity index (χ4n) is 2.73. The van der Waals surface area contributed by atoms with Crippen molar-refractivity contribution in [2.45, 2.75) is 40.7 Å². The predicted octanol–water partition coefficient (Wildman–Crippen LogP) is 2.79. The number of imide groups is 1. The molecule has 2 rings (SSSR count). The highest BCUT2D eigenvalue weighted by Gasteiger charge is 2.19. The number of nitrogens with zero attached hydrogens (tertiary/aromatic N) is 1. The molecule has 0 unspecified atom stereocenters. The quantitative estimate of drug-likeness (QED) is 0.791. The van der Waals surface area contributed by atoms with Gasteiger partial charge in [0, 0.05) is 23.1 Å². The van der Waals surface area contributed by atoms with E-state index in [2.05, 4.69) is 10.6 Å². The lowest BCUT2D eigenvalue weighted by Crippen LogP contribution is -2.44. The van der Waals surface area contributed by atoms with Gasteiger partial charge >= 0.3 is 12.0 Å². The van der Waals surface area contributed by atoms with Gasteiger partial charge in [-0.25, -0.2) is 9.59 Å². The second kappa shape index (κ2) is 8.53. The van der Waals surface area contributed by atoms with Crippen LogP contribution < -0.4 is 10.6 Å². The fourth-order valence-corrected chi connectivity index (χ4v) is 2.73. The smallest absolute Gasteiger partial charge is 0.340 e. The number of aromatic nitrogens is 1. The van der Waals surface area contributed by atoms with Gasteiger partial charge < -0.3 is 14.6 Å². The molecule has 0 aliphatic heterocycles. The van der Waals surface area contributed by atoms with Crippen LogP contribution in [0.25, 0.3) is 5.69 Å². The van der Waals surface area contributed by atoms with Gasteiger partial charge in [0.05, 0.1) is 5.56 Å². The first-order valence-corrected chi connectivity index (χ1v) is 8.72. The summed E-state index contributed by atoms with van der Waals surface area (Å²) >= 11 is 0. The van der Waals surface area contributed by atoms with Gasteiger partial charge in [-0.05, 0) is 52.8 Å². The maximum atomic E-state index is 12.4. The predicted molar refractivity (Wildman–Crippen MR) is 102 cm³/mol. The average Bonchev–Trinajstić information content (AvgIpc) is 2.87. The molecule has 0 saturated heterocycles. The standard InChI is InChI=1S/C20H25N3O4/c1-12(2)21-20(26)22-18(24)11-27-19(25)17-10-14(4)23(15(17)5)16-8-6-13(3)7-9-16/h6-10,12H,11H2,1-5H3,(H2,21,22,24,26). The van der Waals surface area contributed by atoms with E-state index in [9.17, 15) is 14.4 Å². The molecule has 1 aromatic heterocycles. The Morgan fingerprint density at radius 1 is 1.07 bits per heavy atom. The molecule has 0 bridgehead atoms. The number of benzene rings is 1. The van der Waals surface area contributed by atoms with Crippen LogP contribution >= 0.6 is 0 Å². The summed E-state index contributed by atoms with van der Waals surface area (Å²) in [5.74, 6) is -1.30. The topological polar surface area (TPSA) is 89.4 Å². The van der Waals surface area contributed by atoms with Crippen LogP contribution in [0.15, 0.2) is 30.3 Å². The van der Waals surface area contributed by atoms with Gasteiger partial charge in [0.2, 0.25) is 0 Å². The molecule has 3 amide bonds. The van der Waals surface area contributed by atoms with Gasteiger partial charge in [-0.15, -0.1) is 0 Å². The van der Waals surface area contributed by atoms with Crippen molar-refractivity contribution in [1.82, 2.24) is 15.2 Å². The Balaban J connectivity index is 2.05. The first-order chi connectivity index (χ1) is 12.7. The first kappa shape index (κ1) is 20.2. The fraction of sp³-hybridized carbons (Fsp3) is 0.350. The van der Waals surface area contributed by atoms with Gasteiger partial charge in [-0.2, -0.15) is 0 Å². The number of carbonyl (C=O) groups excluding carboxylic acids is 3. The summed E-state index contributed by atoms with van der Waals surface area (Å²) in [5.41, 5.74) is 4.07. The highest BCUT2D eigenvalue weighted by Crippen LogP contribution is 2.21. The van der Waals surface area contributed by atoms with Crippen molar-refractivity contribution in [2.75, 3.05) is 6.61 Å². The number of nitrogens with one attached hydrogen (secondary N) is 2. The second-order valence-corrected chi connectivity index (χ2v) is 6.71. The van der Waals surface area contributed by atoms with E-state index < -0.39 is 24.5 Å². The van der Waals surface area contributed by atoms with Crippen LogP contribution in [0.4, 0.5) is 4.79 Å². The van der Waals surface area contributed by atoms with E-state index >= 15 is 0 Å². The molecule has 0 aliphatic carbocycles. The van der Waals surface area contributed by atoms with E-state index in [0.29, 0.717) is 5.56 Å². The lowest BCUT2D eigenvalue weighted by Gasteiger charge is -2.11. The van der Waals surface area contributed by atoms with E-state index in [1.807, 2.05) is 49.6 Å². The second-order valence-electron chi connectivity index (χ2n) is 6.71. The number of ether oxygens (including phenoxy) is 1. The first-order valence-electron chi connectivity index (χ1n) is 8.72. The summed E-state index contributed by atoms with van der Waals surface area (Å²) < 4.78 is 7.01. The van der Waals surface area contributed by atoms with Crippen molar-refractivity contribution in [1.29, 1.82) is 0 Å². The molecule has 27 heavy (non-hydrogen) atoms. The van der Waals surface area contributed by atoms with Crippen LogP contribution in [0.1, 0.15) is 41.2 Å². The molecule has 0 aliphatic rings. The number of carbonyl (C=O) groups is 3. The van der Waals surface area contributed by atoms with Gasteiger partial charge in [0.1, 0.15) is 0 Å². The summed E-state index contributed by atoms with van der Waals surface area (Å²) in [7, 11) is 0. The number of aryl methyl sites for hydroxylation is 2. The molecule has 0 spiro atoms. The third-order valence-corrected chi connectivity index (χ3v) is 3.95. The lowest BCUT2D eigenvalue weighted by molar-refractivity contribution is -0.123. The molecule has 0 atom stereocenters. The third kappa shape index (κ3) is 5.20. The molecule has 144 valence electrons. The monoisotopic (exact) mass is 371 g/mol. The van der Waals surface area contributed by atoms with Crippen molar-refractivity contribution >= 4 is 17.9 Å². The van der Waals surface area contributed by atoms with Crippen LogP contribution in [-0.2, 0) is 9.53 Å². The highest BCUT2D eigenvalue weighted by atomic mass is 16.5. The molecule has 7 heteroatoms. The zero-order valence-electron chi connectivity index (χ0n) is 16.3. The molecule has 0 radical (unpaired) electrons. The molecule has 7 nitrogen and oxygen atoms in total. The number of hydrogen-bond acceptors (Lipinski definition) is 4. The number of hydrogen-bond donors (Lipinski definition) is 2. The maximum Gasteiger partial charge on any atom is 0.340 e. The minimum absolute atomic E-state index is 0.104. The minimum Gasteiger partial charge on any atom is -0.452 e. The number of urea groups is 1. The zero-order valence-corrected chi connectivity index (χ0v) is 16.3. The molecule has 2 N–H and O–H groups in total. The van der Waals surface area contributed by atoms with Crippen molar-refractivity contribution in [3.05, 3.63) is 52.8 Å². The zero-order chi connectivity index (χ0) is 20.1. The van der Waals surface area contributed by atoms with Crippen molar-refractivity contribution < 1.29 is 19.1 Å². The number of amides is 3. The minimum atomic E-state index is -0.686. The van der Waals surface area contributed by atoms with E-state index in [-0.39, 0.29) is 6.04 Å². The van der Waals surface area contributed by atoms with Gasteiger partial charge in [-0.3, -0.25) is 10.1 Å².